The summed E-state index contributed by atoms with van der Waals surface area (Å²) in [6.45, 7) is 6.26. The van der Waals surface area contributed by atoms with Gasteiger partial charge in [-0.3, -0.25) is 0 Å². The van der Waals surface area contributed by atoms with Crippen molar-refractivity contribution in [1.29, 1.82) is 0 Å². The van der Waals surface area contributed by atoms with Gasteiger partial charge in [0.1, 0.15) is 0 Å². The largest absolute Gasteiger partial charge is 0.313 e. The van der Waals surface area contributed by atoms with E-state index in [0.717, 1.165) is 0 Å². The van der Waals surface area contributed by atoms with Crippen molar-refractivity contribution in [2.24, 2.45) is 11.8 Å². The first kappa shape index (κ1) is 12.3. The second kappa shape index (κ2) is 4.63. The monoisotopic (exact) mass is 246 g/mol. The first-order valence-corrected chi connectivity index (χ1v) is 7.81. The lowest BCUT2D eigenvalue weighted by atomic mass is 10.0. The highest BCUT2D eigenvalue weighted by Gasteiger charge is 2.33. The van der Waals surface area contributed by atoms with E-state index in [9.17, 15) is 8.42 Å². The first-order valence-electron chi connectivity index (χ1n) is 6.20. The zero-order valence-corrected chi connectivity index (χ0v) is 11.0. The molecule has 2 aliphatic rings. The molecule has 0 aromatic carbocycles. The van der Waals surface area contributed by atoms with Gasteiger partial charge in [-0.15, -0.1) is 0 Å². The molecule has 16 heavy (non-hydrogen) atoms. The SMILES string of the molecule is CC1CN(S(=O)(=O)CCNC2CC2)CC1C. The molecule has 1 N–H and O–H groups in total. The van der Waals surface area contributed by atoms with Crippen LogP contribution < -0.4 is 5.32 Å². The fourth-order valence-corrected chi connectivity index (χ4v) is 3.67. The van der Waals surface area contributed by atoms with Gasteiger partial charge >= 0.3 is 0 Å². The normalized spacial score (nSPS) is 32.1. The van der Waals surface area contributed by atoms with Gasteiger partial charge in [-0.05, 0) is 24.7 Å². The van der Waals surface area contributed by atoms with Crippen molar-refractivity contribution in [1.82, 2.24) is 9.62 Å². The van der Waals surface area contributed by atoms with Crippen LogP contribution in [0.3, 0.4) is 0 Å². The third kappa shape index (κ3) is 2.96. The molecule has 94 valence electrons. The summed E-state index contributed by atoms with van der Waals surface area (Å²) >= 11 is 0. The van der Waals surface area contributed by atoms with E-state index in [1.54, 1.807) is 4.31 Å². The zero-order valence-electron chi connectivity index (χ0n) is 10.1. The molecule has 0 spiro atoms. The summed E-state index contributed by atoms with van der Waals surface area (Å²) in [7, 11) is -3.02. The van der Waals surface area contributed by atoms with Gasteiger partial charge in [0.2, 0.25) is 10.0 Å². The number of nitrogens with one attached hydrogen (secondary N) is 1. The molecule has 1 heterocycles. The highest BCUT2D eigenvalue weighted by atomic mass is 32.2. The van der Waals surface area contributed by atoms with Gasteiger partial charge in [-0.1, -0.05) is 13.8 Å². The maximum atomic E-state index is 12.0. The minimum Gasteiger partial charge on any atom is -0.313 e. The van der Waals surface area contributed by atoms with Gasteiger partial charge < -0.3 is 5.32 Å². The van der Waals surface area contributed by atoms with E-state index < -0.39 is 10.0 Å². The summed E-state index contributed by atoms with van der Waals surface area (Å²) in [5, 5.41) is 3.25. The van der Waals surface area contributed by atoms with Crippen LogP contribution in [0.15, 0.2) is 0 Å². The smallest absolute Gasteiger partial charge is 0.215 e. The lowest BCUT2D eigenvalue weighted by molar-refractivity contribution is 0.461. The van der Waals surface area contributed by atoms with Crippen LogP contribution in [0.25, 0.3) is 0 Å². The Morgan fingerprint density at radius 3 is 2.25 bits per heavy atom. The van der Waals surface area contributed by atoms with E-state index in [-0.39, 0.29) is 5.75 Å². The molecule has 1 aliphatic carbocycles. The molecule has 0 radical (unpaired) electrons. The van der Waals surface area contributed by atoms with Crippen LogP contribution in [0.5, 0.6) is 0 Å². The zero-order chi connectivity index (χ0) is 11.8. The van der Waals surface area contributed by atoms with Crippen molar-refractivity contribution < 1.29 is 8.42 Å². The maximum absolute atomic E-state index is 12.0. The van der Waals surface area contributed by atoms with Crippen LogP contribution in [0.2, 0.25) is 0 Å². The van der Waals surface area contributed by atoms with E-state index in [1.807, 2.05) is 0 Å². The summed E-state index contributed by atoms with van der Waals surface area (Å²) < 4.78 is 25.7. The van der Waals surface area contributed by atoms with Crippen LogP contribution in [0, 0.1) is 11.8 Å². The minimum atomic E-state index is -3.02. The summed E-state index contributed by atoms with van der Waals surface area (Å²) in [4.78, 5) is 0. The number of hydrogen-bond acceptors (Lipinski definition) is 3. The molecule has 1 saturated heterocycles. The highest BCUT2D eigenvalue weighted by molar-refractivity contribution is 7.89. The molecular weight excluding hydrogens is 224 g/mol. The number of hydrogen-bond donors (Lipinski definition) is 1. The van der Waals surface area contributed by atoms with E-state index in [2.05, 4.69) is 19.2 Å². The summed E-state index contributed by atoms with van der Waals surface area (Å²) in [5.41, 5.74) is 0. The fourth-order valence-electron chi connectivity index (χ4n) is 2.11. The van der Waals surface area contributed by atoms with Crippen LogP contribution in [0.1, 0.15) is 26.7 Å². The van der Waals surface area contributed by atoms with E-state index in [1.165, 1.54) is 12.8 Å². The molecule has 2 rings (SSSR count). The van der Waals surface area contributed by atoms with Crippen molar-refractivity contribution in [2.75, 3.05) is 25.4 Å². The van der Waals surface area contributed by atoms with Crippen LogP contribution in [0.4, 0.5) is 0 Å². The highest BCUT2D eigenvalue weighted by Crippen LogP contribution is 2.24. The van der Waals surface area contributed by atoms with Crippen molar-refractivity contribution in [3.63, 3.8) is 0 Å². The van der Waals surface area contributed by atoms with Crippen molar-refractivity contribution in [3.05, 3.63) is 0 Å². The molecule has 1 saturated carbocycles. The lowest BCUT2D eigenvalue weighted by Gasteiger charge is -2.16. The standard InChI is InChI=1S/C11H22N2O2S/c1-9-7-13(8-10(9)2)16(14,15)6-5-12-11-3-4-11/h9-12H,3-8H2,1-2H3. The molecule has 0 aromatic heterocycles. The second-order valence-electron chi connectivity index (χ2n) is 5.32. The maximum Gasteiger partial charge on any atom is 0.215 e. The Kier molecular flexibility index (Phi) is 3.56. The number of rotatable bonds is 5. The topological polar surface area (TPSA) is 49.4 Å². The third-order valence-corrected chi connectivity index (χ3v) is 5.52. The van der Waals surface area contributed by atoms with Gasteiger partial charge in [-0.25, -0.2) is 12.7 Å². The average molecular weight is 246 g/mol. The van der Waals surface area contributed by atoms with Gasteiger partial charge in [0.25, 0.3) is 0 Å². The quantitative estimate of drug-likeness (QED) is 0.775. The Balaban J connectivity index is 1.81. The van der Waals surface area contributed by atoms with Crippen LogP contribution in [-0.4, -0.2) is 44.2 Å². The molecule has 0 aromatic rings. The van der Waals surface area contributed by atoms with Crippen molar-refractivity contribution >= 4 is 10.0 Å². The molecule has 2 atom stereocenters. The third-order valence-electron chi connectivity index (χ3n) is 3.72. The van der Waals surface area contributed by atoms with E-state index in [0.29, 0.717) is 37.5 Å². The molecule has 1 aliphatic heterocycles. The Morgan fingerprint density at radius 1 is 1.19 bits per heavy atom. The Bertz CT molecular complexity index is 328. The molecular formula is C11H22N2O2S. The van der Waals surface area contributed by atoms with E-state index >= 15 is 0 Å². The Hall–Kier alpha value is -0.130. The van der Waals surface area contributed by atoms with E-state index in [4.69, 9.17) is 0 Å². The summed E-state index contributed by atoms with van der Waals surface area (Å²) in [5.74, 6) is 1.24. The average Bonchev–Trinajstić information content (AvgIpc) is 2.94. The lowest BCUT2D eigenvalue weighted by Crippen LogP contribution is -2.35. The number of nitrogens with zero attached hydrogens (tertiary/aromatic N) is 1. The van der Waals surface area contributed by atoms with Crippen LogP contribution >= 0.6 is 0 Å². The van der Waals surface area contributed by atoms with Gasteiger partial charge in [0.05, 0.1) is 5.75 Å². The van der Waals surface area contributed by atoms with Crippen molar-refractivity contribution in [2.45, 2.75) is 32.7 Å². The van der Waals surface area contributed by atoms with Gasteiger partial charge in [-0.2, -0.15) is 0 Å². The Morgan fingerprint density at radius 2 is 1.75 bits per heavy atom. The molecule has 5 heteroatoms. The number of sulfonamides is 1. The molecule has 2 unspecified atom stereocenters. The van der Waals surface area contributed by atoms with Gasteiger partial charge in [0, 0.05) is 25.7 Å². The molecule has 2 fully saturated rings. The molecule has 0 amide bonds. The Labute approximate surface area is 98.4 Å². The summed E-state index contributed by atoms with van der Waals surface area (Å²) in [6.07, 6.45) is 2.41. The predicted octanol–water partition coefficient (Wildman–Crippen LogP) is 0.656. The second-order valence-corrected chi connectivity index (χ2v) is 7.40. The fraction of sp³-hybridized carbons (Fsp3) is 1.00. The predicted molar refractivity (Wildman–Crippen MR) is 64.7 cm³/mol. The minimum absolute atomic E-state index is 0.253. The van der Waals surface area contributed by atoms with Gasteiger partial charge in [0.15, 0.2) is 0 Å². The first-order chi connectivity index (χ1) is 7.49. The van der Waals surface area contributed by atoms with Crippen molar-refractivity contribution in [3.8, 4) is 0 Å². The molecule has 0 bridgehead atoms. The van der Waals surface area contributed by atoms with Crippen LogP contribution in [-0.2, 0) is 10.0 Å². The molecule has 4 nitrogen and oxygen atoms in total. The summed E-state index contributed by atoms with van der Waals surface area (Å²) in [6, 6.07) is 0.589.